The third-order valence-electron chi connectivity index (χ3n) is 5.18. The number of amides is 2. The molecule has 1 aromatic heterocycles. The van der Waals surface area contributed by atoms with Crippen LogP contribution in [-0.4, -0.2) is 38.9 Å². The lowest BCUT2D eigenvalue weighted by atomic mass is 10.1. The van der Waals surface area contributed by atoms with Gasteiger partial charge < -0.3 is 14.8 Å². The van der Waals surface area contributed by atoms with Gasteiger partial charge in [-0.05, 0) is 43.2 Å². The first-order valence-corrected chi connectivity index (χ1v) is 11.4. The predicted octanol–water partition coefficient (Wildman–Crippen LogP) is 3.75. The SMILES string of the molecule is CCn1c(Cc2ccccc2)nnc1SCC(=O)Nc1ccc(N2CCCC2=O)cc1. The molecule has 3 aromatic rings. The maximum absolute atomic E-state index is 12.4. The second-order valence-corrected chi connectivity index (χ2v) is 8.28. The van der Waals surface area contributed by atoms with Crippen LogP contribution >= 0.6 is 11.8 Å². The van der Waals surface area contributed by atoms with E-state index in [2.05, 4.69) is 34.6 Å². The maximum atomic E-state index is 12.4. The number of nitrogens with zero attached hydrogens (tertiary/aromatic N) is 4. The fraction of sp³-hybridized carbons (Fsp3) is 0.304. The van der Waals surface area contributed by atoms with E-state index in [1.807, 2.05) is 47.0 Å². The van der Waals surface area contributed by atoms with Crippen LogP contribution in [0.2, 0.25) is 0 Å². The fourth-order valence-corrected chi connectivity index (χ4v) is 4.45. The molecule has 1 N–H and O–H groups in total. The molecule has 1 fully saturated rings. The van der Waals surface area contributed by atoms with Crippen molar-refractivity contribution in [3.63, 3.8) is 0 Å². The zero-order valence-corrected chi connectivity index (χ0v) is 18.3. The van der Waals surface area contributed by atoms with Gasteiger partial charge >= 0.3 is 0 Å². The normalized spacial score (nSPS) is 13.6. The summed E-state index contributed by atoms with van der Waals surface area (Å²) in [6.45, 7) is 3.55. The van der Waals surface area contributed by atoms with E-state index in [1.54, 1.807) is 4.90 Å². The van der Waals surface area contributed by atoms with Crippen LogP contribution in [0.5, 0.6) is 0 Å². The third-order valence-corrected chi connectivity index (χ3v) is 6.15. The second-order valence-electron chi connectivity index (χ2n) is 7.34. The monoisotopic (exact) mass is 435 g/mol. The van der Waals surface area contributed by atoms with Crippen LogP contribution in [0.1, 0.15) is 31.2 Å². The fourth-order valence-electron chi connectivity index (χ4n) is 3.63. The number of aromatic nitrogens is 3. The average Bonchev–Trinajstić information content (AvgIpc) is 3.39. The molecule has 0 spiro atoms. The van der Waals surface area contributed by atoms with E-state index >= 15 is 0 Å². The summed E-state index contributed by atoms with van der Waals surface area (Å²) in [6.07, 6.45) is 2.20. The molecule has 1 saturated heterocycles. The Bertz CT molecular complexity index is 1050. The summed E-state index contributed by atoms with van der Waals surface area (Å²) in [5, 5.41) is 12.3. The molecule has 2 amide bonds. The summed E-state index contributed by atoms with van der Waals surface area (Å²) in [7, 11) is 0. The number of carbonyl (C=O) groups excluding carboxylic acids is 2. The summed E-state index contributed by atoms with van der Waals surface area (Å²) in [5.41, 5.74) is 2.76. The molecule has 2 heterocycles. The van der Waals surface area contributed by atoms with Crippen LogP contribution in [-0.2, 0) is 22.6 Å². The minimum atomic E-state index is -0.106. The van der Waals surface area contributed by atoms with E-state index in [0.29, 0.717) is 18.5 Å². The summed E-state index contributed by atoms with van der Waals surface area (Å²) in [6, 6.07) is 17.6. The standard InChI is InChI=1S/C23H25N5O2S/c1-2-27-20(15-17-7-4-3-5-8-17)25-26-23(27)31-16-21(29)24-18-10-12-19(13-11-18)28-14-6-9-22(28)30/h3-5,7-8,10-13H,2,6,9,14-16H2,1H3,(H,24,29). The first-order chi connectivity index (χ1) is 15.1. The maximum Gasteiger partial charge on any atom is 0.234 e. The zero-order chi connectivity index (χ0) is 21.6. The molecule has 1 aliphatic rings. The summed E-state index contributed by atoms with van der Waals surface area (Å²) in [5.74, 6) is 1.18. The van der Waals surface area contributed by atoms with Crippen molar-refractivity contribution in [1.82, 2.24) is 14.8 Å². The summed E-state index contributed by atoms with van der Waals surface area (Å²) < 4.78 is 2.05. The Hall–Kier alpha value is -3.13. The number of benzene rings is 2. The Morgan fingerprint density at radius 1 is 1.10 bits per heavy atom. The van der Waals surface area contributed by atoms with Crippen molar-refractivity contribution in [2.75, 3.05) is 22.5 Å². The number of hydrogen-bond donors (Lipinski definition) is 1. The first kappa shape index (κ1) is 21.1. The molecule has 0 radical (unpaired) electrons. The molecule has 8 heteroatoms. The van der Waals surface area contributed by atoms with Crippen molar-refractivity contribution in [3.8, 4) is 0 Å². The first-order valence-electron chi connectivity index (χ1n) is 10.4. The molecule has 0 bridgehead atoms. The Kier molecular flexibility index (Phi) is 6.66. The number of anilines is 2. The topological polar surface area (TPSA) is 80.1 Å². The summed E-state index contributed by atoms with van der Waals surface area (Å²) in [4.78, 5) is 26.1. The lowest BCUT2D eigenvalue weighted by Gasteiger charge is -2.16. The van der Waals surface area contributed by atoms with E-state index in [1.165, 1.54) is 17.3 Å². The van der Waals surface area contributed by atoms with E-state index in [-0.39, 0.29) is 17.6 Å². The minimum absolute atomic E-state index is 0.106. The highest BCUT2D eigenvalue weighted by Crippen LogP contribution is 2.24. The van der Waals surface area contributed by atoms with E-state index in [0.717, 1.165) is 36.2 Å². The molecular formula is C23H25N5O2S. The molecule has 0 saturated carbocycles. The van der Waals surface area contributed by atoms with Gasteiger partial charge in [-0.1, -0.05) is 42.1 Å². The predicted molar refractivity (Wildman–Crippen MR) is 122 cm³/mol. The number of thioether (sulfide) groups is 1. The Balaban J connectivity index is 1.33. The van der Waals surface area contributed by atoms with Crippen LogP contribution in [0.25, 0.3) is 0 Å². The van der Waals surface area contributed by atoms with Crippen LogP contribution in [0, 0.1) is 0 Å². The summed E-state index contributed by atoms with van der Waals surface area (Å²) >= 11 is 1.38. The lowest BCUT2D eigenvalue weighted by molar-refractivity contribution is -0.117. The van der Waals surface area contributed by atoms with Gasteiger partial charge in [-0.2, -0.15) is 0 Å². The number of carbonyl (C=O) groups is 2. The Morgan fingerprint density at radius 3 is 2.55 bits per heavy atom. The van der Waals surface area contributed by atoms with Crippen LogP contribution in [0.4, 0.5) is 11.4 Å². The smallest absolute Gasteiger partial charge is 0.234 e. The van der Waals surface area contributed by atoms with E-state index in [9.17, 15) is 9.59 Å². The van der Waals surface area contributed by atoms with E-state index in [4.69, 9.17) is 0 Å². The van der Waals surface area contributed by atoms with Gasteiger partial charge in [-0.25, -0.2) is 0 Å². The van der Waals surface area contributed by atoms with E-state index < -0.39 is 0 Å². The molecule has 0 atom stereocenters. The average molecular weight is 436 g/mol. The number of rotatable bonds is 8. The molecule has 7 nitrogen and oxygen atoms in total. The highest BCUT2D eigenvalue weighted by atomic mass is 32.2. The van der Waals surface area contributed by atoms with Gasteiger partial charge in [-0.15, -0.1) is 10.2 Å². The quantitative estimate of drug-likeness (QED) is 0.545. The number of nitrogens with one attached hydrogen (secondary N) is 1. The van der Waals surface area contributed by atoms with Crippen molar-refractivity contribution in [3.05, 3.63) is 66.0 Å². The minimum Gasteiger partial charge on any atom is -0.325 e. The number of hydrogen-bond acceptors (Lipinski definition) is 5. The van der Waals surface area contributed by atoms with Crippen molar-refractivity contribution in [2.24, 2.45) is 0 Å². The second kappa shape index (κ2) is 9.78. The van der Waals surface area contributed by atoms with Crippen molar-refractivity contribution in [2.45, 2.75) is 37.9 Å². The molecule has 0 unspecified atom stereocenters. The van der Waals surface area contributed by atoms with Gasteiger partial charge in [0.05, 0.1) is 5.75 Å². The zero-order valence-electron chi connectivity index (χ0n) is 17.5. The van der Waals surface area contributed by atoms with Crippen molar-refractivity contribution in [1.29, 1.82) is 0 Å². The van der Waals surface area contributed by atoms with Crippen LogP contribution < -0.4 is 10.2 Å². The lowest BCUT2D eigenvalue weighted by Crippen LogP contribution is -2.23. The van der Waals surface area contributed by atoms with Gasteiger partial charge in [0.1, 0.15) is 5.82 Å². The third kappa shape index (κ3) is 5.14. The Labute approximate surface area is 185 Å². The molecule has 0 aliphatic carbocycles. The van der Waals surface area contributed by atoms with Crippen LogP contribution in [0.3, 0.4) is 0 Å². The molecule has 2 aromatic carbocycles. The molecule has 4 rings (SSSR count). The van der Waals surface area contributed by atoms with Crippen LogP contribution in [0.15, 0.2) is 59.8 Å². The molecule has 31 heavy (non-hydrogen) atoms. The van der Waals surface area contributed by atoms with Gasteiger partial charge in [0, 0.05) is 37.3 Å². The molecular weight excluding hydrogens is 410 g/mol. The highest BCUT2D eigenvalue weighted by Gasteiger charge is 2.21. The molecule has 160 valence electrons. The van der Waals surface area contributed by atoms with Crippen molar-refractivity contribution >= 4 is 35.0 Å². The largest absolute Gasteiger partial charge is 0.325 e. The van der Waals surface area contributed by atoms with Gasteiger partial charge in [0.25, 0.3) is 0 Å². The molecule has 1 aliphatic heterocycles. The van der Waals surface area contributed by atoms with Gasteiger partial charge in [0.15, 0.2) is 5.16 Å². The Morgan fingerprint density at radius 2 is 1.87 bits per heavy atom. The van der Waals surface area contributed by atoms with Gasteiger partial charge in [-0.3, -0.25) is 9.59 Å². The van der Waals surface area contributed by atoms with Gasteiger partial charge in [0.2, 0.25) is 11.8 Å². The highest BCUT2D eigenvalue weighted by molar-refractivity contribution is 7.99. The van der Waals surface area contributed by atoms with Crippen molar-refractivity contribution < 1.29 is 9.59 Å².